The smallest absolute Gasteiger partial charge is 0.210 e. The molecule has 1 aromatic heterocycles. The SMILES string of the molecule is CN(NN(C(=N)N)c1ccccn1)c1ccc(N2CCOCC2)cc1. The highest BCUT2D eigenvalue weighted by atomic mass is 16.5. The molecule has 0 aliphatic carbocycles. The lowest BCUT2D eigenvalue weighted by Gasteiger charge is -2.31. The Balaban J connectivity index is 1.69. The van der Waals surface area contributed by atoms with Crippen LogP contribution in [0.1, 0.15) is 0 Å². The quantitative estimate of drug-likeness (QED) is 0.427. The Morgan fingerprint density at radius 2 is 1.92 bits per heavy atom. The lowest BCUT2D eigenvalue weighted by atomic mass is 10.2. The van der Waals surface area contributed by atoms with Crippen molar-refractivity contribution in [2.45, 2.75) is 0 Å². The average molecular weight is 341 g/mol. The molecule has 1 fully saturated rings. The standard InChI is InChI=1S/C17H23N7O/c1-22(21-24(17(18)19)16-4-2-3-9-20-16)14-5-7-15(8-6-14)23-10-12-25-13-11-23/h2-9,21H,10-13H2,1H3,(H3,18,19). The first-order valence-corrected chi connectivity index (χ1v) is 8.13. The molecule has 0 saturated carbocycles. The van der Waals surface area contributed by atoms with Gasteiger partial charge in [0, 0.05) is 32.0 Å². The summed E-state index contributed by atoms with van der Waals surface area (Å²) in [7, 11) is 1.86. The summed E-state index contributed by atoms with van der Waals surface area (Å²) in [6.45, 7) is 3.35. The number of pyridine rings is 1. The first-order valence-electron chi connectivity index (χ1n) is 8.13. The maximum absolute atomic E-state index is 7.77. The summed E-state index contributed by atoms with van der Waals surface area (Å²) in [4.78, 5) is 6.52. The number of nitrogens with one attached hydrogen (secondary N) is 2. The zero-order valence-electron chi connectivity index (χ0n) is 14.2. The van der Waals surface area contributed by atoms with E-state index in [-0.39, 0.29) is 5.96 Å². The van der Waals surface area contributed by atoms with Gasteiger partial charge in [-0.2, -0.15) is 0 Å². The first kappa shape index (κ1) is 17.0. The van der Waals surface area contributed by atoms with Gasteiger partial charge in [-0.15, -0.1) is 5.53 Å². The molecule has 0 bridgehead atoms. The van der Waals surface area contributed by atoms with Crippen molar-refractivity contribution in [3.05, 3.63) is 48.7 Å². The van der Waals surface area contributed by atoms with E-state index < -0.39 is 0 Å². The third-order valence-corrected chi connectivity index (χ3v) is 3.98. The molecule has 1 aliphatic rings. The summed E-state index contributed by atoms with van der Waals surface area (Å²) in [5.74, 6) is 0.405. The Kier molecular flexibility index (Phi) is 5.32. The minimum Gasteiger partial charge on any atom is -0.378 e. The molecule has 2 heterocycles. The van der Waals surface area contributed by atoms with Crippen LogP contribution in [0.3, 0.4) is 0 Å². The number of nitrogens with two attached hydrogens (primary N) is 1. The van der Waals surface area contributed by atoms with E-state index in [1.54, 1.807) is 17.3 Å². The number of nitrogens with zero attached hydrogens (tertiary/aromatic N) is 4. The minimum atomic E-state index is -0.143. The number of hydrazine groups is 2. The Hall–Kier alpha value is -2.84. The zero-order chi connectivity index (χ0) is 17.6. The minimum absolute atomic E-state index is 0.143. The van der Waals surface area contributed by atoms with E-state index in [1.807, 2.05) is 31.3 Å². The second-order valence-electron chi connectivity index (χ2n) is 5.68. The molecule has 0 spiro atoms. The van der Waals surface area contributed by atoms with Crippen LogP contribution in [0.4, 0.5) is 17.2 Å². The number of guanidine groups is 1. The normalized spacial score (nSPS) is 14.2. The predicted octanol–water partition coefficient (Wildman–Crippen LogP) is 1.17. The summed E-state index contributed by atoms with van der Waals surface area (Å²) in [6, 6.07) is 13.6. The van der Waals surface area contributed by atoms with Crippen molar-refractivity contribution < 1.29 is 4.74 Å². The van der Waals surface area contributed by atoms with Gasteiger partial charge in [-0.25, -0.2) is 9.99 Å². The maximum Gasteiger partial charge on any atom is 0.210 e. The third kappa shape index (κ3) is 4.17. The summed E-state index contributed by atoms with van der Waals surface area (Å²) < 4.78 is 5.39. The fourth-order valence-corrected chi connectivity index (χ4v) is 2.63. The molecule has 0 atom stereocenters. The van der Waals surface area contributed by atoms with Gasteiger partial charge in [0.25, 0.3) is 0 Å². The van der Waals surface area contributed by atoms with Gasteiger partial charge in [0.1, 0.15) is 0 Å². The van der Waals surface area contributed by atoms with Gasteiger partial charge in [0.2, 0.25) is 5.96 Å². The topological polar surface area (TPSA) is 93.7 Å². The molecule has 0 amide bonds. The Labute approximate surface area is 147 Å². The van der Waals surface area contributed by atoms with Crippen LogP contribution in [0.2, 0.25) is 0 Å². The van der Waals surface area contributed by atoms with Crippen LogP contribution in [-0.4, -0.2) is 44.3 Å². The largest absolute Gasteiger partial charge is 0.378 e. The molecule has 0 radical (unpaired) electrons. The Bertz CT molecular complexity index is 686. The monoisotopic (exact) mass is 341 g/mol. The van der Waals surface area contributed by atoms with Gasteiger partial charge < -0.3 is 15.4 Å². The fourth-order valence-electron chi connectivity index (χ4n) is 2.63. The van der Waals surface area contributed by atoms with Gasteiger partial charge in [0.05, 0.1) is 18.9 Å². The van der Waals surface area contributed by atoms with Crippen molar-refractivity contribution in [3.63, 3.8) is 0 Å². The summed E-state index contributed by atoms with van der Waals surface area (Å²) in [5, 5.41) is 11.0. The number of anilines is 3. The van der Waals surface area contributed by atoms with E-state index in [4.69, 9.17) is 15.9 Å². The second-order valence-corrected chi connectivity index (χ2v) is 5.68. The number of benzene rings is 1. The van der Waals surface area contributed by atoms with Crippen molar-refractivity contribution in [1.82, 2.24) is 10.5 Å². The number of rotatable bonds is 5. The fraction of sp³-hybridized carbons (Fsp3) is 0.294. The van der Waals surface area contributed by atoms with Gasteiger partial charge >= 0.3 is 0 Å². The van der Waals surface area contributed by atoms with Crippen LogP contribution in [0, 0.1) is 5.41 Å². The van der Waals surface area contributed by atoms with Crippen LogP contribution in [0.5, 0.6) is 0 Å². The molecule has 1 aromatic carbocycles. The lowest BCUT2D eigenvalue weighted by Crippen LogP contribution is -2.54. The summed E-state index contributed by atoms with van der Waals surface area (Å²) in [5.41, 5.74) is 10.9. The van der Waals surface area contributed by atoms with E-state index in [2.05, 4.69) is 27.6 Å². The number of hydrogen-bond acceptors (Lipinski definition) is 6. The number of hydrogen-bond donors (Lipinski definition) is 3. The van der Waals surface area contributed by atoms with Crippen LogP contribution >= 0.6 is 0 Å². The van der Waals surface area contributed by atoms with Gasteiger partial charge in [-0.05, 0) is 36.4 Å². The number of aromatic nitrogens is 1. The van der Waals surface area contributed by atoms with Crippen molar-refractivity contribution >= 4 is 23.2 Å². The molecule has 8 nitrogen and oxygen atoms in total. The van der Waals surface area contributed by atoms with Crippen LogP contribution < -0.4 is 26.2 Å². The average Bonchev–Trinajstić information content (AvgIpc) is 2.67. The summed E-state index contributed by atoms with van der Waals surface area (Å²) in [6.07, 6.45) is 1.66. The highest BCUT2D eigenvalue weighted by Crippen LogP contribution is 2.20. The highest BCUT2D eigenvalue weighted by molar-refractivity contribution is 5.90. The third-order valence-electron chi connectivity index (χ3n) is 3.98. The molecule has 1 aliphatic heterocycles. The molecule has 8 heteroatoms. The van der Waals surface area contributed by atoms with Gasteiger partial charge in [-0.3, -0.25) is 10.4 Å². The molecule has 2 aromatic rings. The van der Waals surface area contributed by atoms with Gasteiger partial charge in [0.15, 0.2) is 5.82 Å². The molecule has 132 valence electrons. The number of ether oxygens (including phenoxy) is 1. The first-order chi connectivity index (χ1) is 12.1. The second kappa shape index (κ2) is 7.82. The molecule has 3 rings (SSSR count). The van der Waals surface area contributed by atoms with E-state index in [0.717, 1.165) is 32.0 Å². The van der Waals surface area contributed by atoms with E-state index in [9.17, 15) is 0 Å². The van der Waals surface area contributed by atoms with Crippen molar-refractivity contribution in [1.29, 1.82) is 5.41 Å². The van der Waals surface area contributed by atoms with Gasteiger partial charge in [-0.1, -0.05) is 6.07 Å². The van der Waals surface area contributed by atoms with Crippen LogP contribution in [-0.2, 0) is 4.74 Å². The maximum atomic E-state index is 7.77. The van der Waals surface area contributed by atoms with E-state index in [1.165, 1.54) is 10.7 Å². The van der Waals surface area contributed by atoms with Crippen molar-refractivity contribution in [2.75, 3.05) is 48.3 Å². The Morgan fingerprint density at radius 3 is 2.52 bits per heavy atom. The molecule has 25 heavy (non-hydrogen) atoms. The molecule has 1 saturated heterocycles. The van der Waals surface area contributed by atoms with Crippen LogP contribution in [0.15, 0.2) is 48.7 Å². The molecular weight excluding hydrogens is 318 g/mol. The Morgan fingerprint density at radius 1 is 1.20 bits per heavy atom. The van der Waals surface area contributed by atoms with Crippen LogP contribution in [0.25, 0.3) is 0 Å². The summed E-state index contributed by atoms with van der Waals surface area (Å²) >= 11 is 0. The van der Waals surface area contributed by atoms with E-state index in [0.29, 0.717) is 5.82 Å². The molecule has 0 unspecified atom stereocenters. The number of morpholine rings is 1. The molecule has 4 N–H and O–H groups in total. The highest BCUT2D eigenvalue weighted by Gasteiger charge is 2.14. The predicted molar refractivity (Wildman–Crippen MR) is 99.6 cm³/mol. The lowest BCUT2D eigenvalue weighted by molar-refractivity contribution is 0.122. The van der Waals surface area contributed by atoms with Crippen molar-refractivity contribution in [3.8, 4) is 0 Å². The van der Waals surface area contributed by atoms with Crippen molar-refractivity contribution in [2.24, 2.45) is 5.73 Å². The zero-order valence-corrected chi connectivity index (χ0v) is 14.2. The van der Waals surface area contributed by atoms with E-state index >= 15 is 0 Å². The molecular formula is C17H23N7O.